The summed E-state index contributed by atoms with van der Waals surface area (Å²) in [5.74, 6) is -2.76. The largest absolute Gasteiger partial charge is 0.490 e. The van der Waals surface area contributed by atoms with Gasteiger partial charge in [0.05, 0.1) is 17.3 Å². The second-order valence-corrected chi connectivity index (χ2v) is 6.85. The van der Waals surface area contributed by atoms with Crippen molar-refractivity contribution in [1.29, 1.82) is 0 Å². The van der Waals surface area contributed by atoms with Crippen LogP contribution >= 0.6 is 11.3 Å². The van der Waals surface area contributed by atoms with Gasteiger partial charge < -0.3 is 14.6 Å². The third-order valence-electron chi connectivity index (χ3n) is 4.32. The van der Waals surface area contributed by atoms with Crippen LogP contribution in [0, 0.1) is 6.92 Å². The zero-order valence-corrected chi connectivity index (χ0v) is 14.8. The van der Waals surface area contributed by atoms with Crippen molar-refractivity contribution in [3.05, 3.63) is 16.1 Å². The first-order valence-corrected chi connectivity index (χ1v) is 8.69. The van der Waals surface area contributed by atoms with Crippen LogP contribution in [0.15, 0.2) is 5.51 Å². The molecule has 0 aromatic carbocycles. The van der Waals surface area contributed by atoms with E-state index >= 15 is 0 Å². The molecule has 0 spiro atoms. The van der Waals surface area contributed by atoms with Crippen molar-refractivity contribution in [2.75, 3.05) is 20.3 Å². The molecule has 2 aliphatic rings. The molecular weight excluding hydrogens is 361 g/mol. The lowest BCUT2D eigenvalue weighted by atomic mass is 10.0. The molecule has 1 aromatic rings. The summed E-state index contributed by atoms with van der Waals surface area (Å²) < 4.78 is 43.2. The van der Waals surface area contributed by atoms with Crippen LogP contribution in [0.1, 0.15) is 23.4 Å². The second-order valence-electron chi connectivity index (χ2n) is 5.91. The van der Waals surface area contributed by atoms with E-state index in [2.05, 4.69) is 16.8 Å². The number of hydrogen-bond acceptors (Lipinski definition) is 6. The van der Waals surface area contributed by atoms with Crippen LogP contribution in [0.5, 0.6) is 0 Å². The number of thiazole rings is 1. The van der Waals surface area contributed by atoms with E-state index < -0.39 is 12.1 Å². The van der Waals surface area contributed by atoms with E-state index in [0.29, 0.717) is 6.04 Å². The molecular formula is C15H21F3N2O4S. The Morgan fingerprint density at radius 3 is 2.76 bits per heavy atom. The number of carbonyl (C=O) groups is 1. The number of fused-ring (bicyclic) bond motifs is 1. The van der Waals surface area contributed by atoms with Crippen LogP contribution in [0.3, 0.4) is 0 Å². The fourth-order valence-corrected chi connectivity index (χ4v) is 3.86. The van der Waals surface area contributed by atoms with Gasteiger partial charge in [0.15, 0.2) is 0 Å². The maximum absolute atomic E-state index is 10.6. The zero-order chi connectivity index (χ0) is 18.6. The molecule has 1 aromatic heterocycles. The molecule has 0 unspecified atom stereocenters. The van der Waals surface area contributed by atoms with Crippen LogP contribution in [-0.2, 0) is 20.8 Å². The third kappa shape index (κ3) is 5.13. The fraction of sp³-hybridized carbons (Fsp3) is 0.733. The number of hydrogen-bond donors (Lipinski definition) is 1. The van der Waals surface area contributed by atoms with Crippen LogP contribution in [0.25, 0.3) is 0 Å². The van der Waals surface area contributed by atoms with Gasteiger partial charge in [0.25, 0.3) is 0 Å². The molecule has 0 radical (unpaired) electrons. The smallest absolute Gasteiger partial charge is 0.475 e. The number of aromatic nitrogens is 1. The summed E-state index contributed by atoms with van der Waals surface area (Å²) in [5.41, 5.74) is 3.10. The maximum Gasteiger partial charge on any atom is 0.490 e. The van der Waals surface area contributed by atoms with Gasteiger partial charge in [0.1, 0.15) is 6.10 Å². The Labute approximate surface area is 147 Å². The number of aliphatic carboxylic acids is 1. The van der Waals surface area contributed by atoms with Gasteiger partial charge in [-0.25, -0.2) is 9.78 Å². The number of carboxylic acid groups (broad SMARTS) is 1. The lowest BCUT2D eigenvalue weighted by Gasteiger charge is -2.32. The Balaban J connectivity index is 0.000000277. The summed E-state index contributed by atoms with van der Waals surface area (Å²) in [6.45, 7) is 4.93. The molecule has 0 saturated carbocycles. The van der Waals surface area contributed by atoms with Gasteiger partial charge in [-0.2, -0.15) is 13.2 Å². The molecule has 6 nitrogen and oxygen atoms in total. The van der Waals surface area contributed by atoms with Crippen LogP contribution in [-0.4, -0.2) is 65.6 Å². The number of carboxylic acids is 1. The average molecular weight is 382 g/mol. The number of likely N-dealkylation sites (tertiary alicyclic amines) is 1. The lowest BCUT2D eigenvalue weighted by Crippen LogP contribution is -2.41. The molecule has 10 heteroatoms. The highest BCUT2D eigenvalue weighted by atomic mass is 32.1. The zero-order valence-electron chi connectivity index (χ0n) is 14.0. The molecule has 0 aliphatic carbocycles. The SMILES string of the molecule is CO[C@@H]1CN(Cc2scnc2C)[C@@H]2CCCO[C@@H]21.O=C(O)C(F)(F)F. The third-order valence-corrected chi connectivity index (χ3v) is 5.24. The van der Waals surface area contributed by atoms with Crippen LogP contribution in [0.4, 0.5) is 13.2 Å². The number of alkyl halides is 3. The Morgan fingerprint density at radius 2 is 2.24 bits per heavy atom. The van der Waals surface area contributed by atoms with Crippen LogP contribution in [0.2, 0.25) is 0 Å². The van der Waals surface area contributed by atoms with E-state index in [4.69, 9.17) is 19.4 Å². The number of aryl methyl sites for hydroxylation is 1. The van der Waals surface area contributed by atoms with Crippen molar-refractivity contribution in [1.82, 2.24) is 9.88 Å². The van der Waals surface area contributed by atoms with Gasteiger partial charge in [-0.1, -0.05) is 0 Å². The number of halogens is 3. The normalized spacial score (nSPS) is 26.7. The number of ether oxygens (including phenoxy) is 2. The first-order chi connectivity index (χ1) is 11.7. The van der Waals surface area contributed by atoms with E-state index in [-0.39, 0.29) is 12.2 Å². The van der Waals surface area contributed by atoms with Gasteiger partial charge in [0.2, 0.25) is 0 Å². The van der Waals surface area contributed by atoms with Crippen molar-refractivity contribution in [3.8, 4) is 0 Å². The molecule has 2 fully saturated rings. The molecule has 0 bridgehead atoms. The molecule has 0 amide bonds. The second kappa shape index (κ2) is 8.43. The van der Waals surface area contributed by atoms with Gasteiger partial charge in [-0.05, 0) is 19.8 Å². The minimum absolute atomic E-state index is 0.225. The minimum Gasteiger partial charge on any atom is -0.475 e. The molecule has 2 saturated heterocycles. The maximum atomic E-state index is 10.6. The summed E-state index contributed by atoms with van der Waals surface area (Å²) in [5, 5.41) is 7.12. The Hall–Kier alpha value is -1.23. The molecule has 3 rings (SSSR count). The van der Waals surface area contributed by atoms with Crippen molar-refractivity contribution >= 4 is 17.3 Å². The Kier molecular flexibility index (Phi) is 6.78. The van der Waals surface area contributed by atoms with Gasteiger partial charge >= 0.3 is 12.1 Å². The fourth-order valence-electron chi connectivity index (χ4n) is 3.06. The minimum atomic E-state index is -5.08. The molecule has 3 heterocycles. The quantitative estimate of drug-likeness (QED) is 0.866. The number of nitrogens with zero attached hydrogens (tertiary/aromatic N) is 2. The van der Waals surface area contributed by atoms with Crippen LogP contribution < -0.4 is 0 Å². The summed E-state index contributed by atoms with van der Waals surface area (Å²) in [4.78, 5) is 17.1. The number of rotatable bonds is 3. The molecule has 25 heavy (non-hydrogen) atoms. The number of methoxy groups -OCH3 is 1. The monoisotopic (exact) mass is 382 g/mol. The van der Waals surface area contributed by atoms with E-state index in [1.54, 1.807) is 18.4 Å². The highest BCUT2D eigenvalue weighted by Crippen LogP contribution is 2.32. The van der Waals surface area contributed by atoms with E-state index in [1.807, 2.05) is 5.51 Å². The lowest BCUT2D eigenvalue weighted by molar-refractivity contribution is -0.192. The Morgan fingerprint density at radius 1 is 1.56 bits per heavy atom. The predicted octanol–water partition coefficient (Wildman–Crippen LogP) is 2.46. The van der Waals surface area contributed by atoms with Gasteiger partial charge in [-0.3, -0.25) is 4.90 Å². The van der Waals surface area contributed by atoms with E-state index in [1.165, 1.54) is 11.3 Å². The topological polar surface area (TPSA) is 71.9 Å². The average Bonchev–Trinajstić information content (AvgIpc) is 3.12. The first kappa shape index (κ1) is 20.1. The summed E-state index contributed by atoms with van der Waals surface area (Å²) >= 11 is 1.75. The highest BCUT2D eigenvalue weighted by Gasteiger charge is 2.44. The molecule has 142 valence electrons. The molecule has 2 aliphatic heterocycles. The predicted molar refractivity (Wildman–Crippen MR) is 84.5 cm³/mol. The van der Waals surface area contributed by atoms with E-state index in [9.17, 15) is 13.2 Å². The highest BCUT2D eigenvalue weighted by molar-refractivity contribution is 7.09. The summed E-state index contributed by atoms with van der Waals surface area (Å²) in [7, 11) is 1.79. The first-order valence-electron chi connectivity index (χ1n) is 7.81. The summed E-state index contributed by atoms with van der Waals surface area (Å²) in [6, 6.07) is 0.519. The van der Waals surface area contributed by atoms with Crippen molar-refractivity contribution in [2.45, 2.75) is 50.7 Å². The molecule has 1 N–H and O–H groups in total. The van der Waals surface area contributed by atoms with Crippen molar-refractivity contribution in [2.24, 2.45) is 0 Å². The van der Waals surface area contributed by atoms with E-state index in [0.717, 1.165) is 31.8 Å². The Bertz CT molecular complexity index is 581. The summed E-state index contributed by atoms with van der Waals surface area (Å²) in [6.07, 6.45) is -2.21. The van der Waals surface area contributed by atoms with Crippen molar-refractivity contribution in [3.63, 3.8) is 0 Å². The van der Waals surface area contributed by atoms with Crippen molar-refractivity contribution < 1.29 is 32.5 Å². The molecule has 3 atom stereocenters. The standard InChI is InChI=1S/C13H20N2O2S.C2HF3O2/c1-9-12(18-8-14-9)7-15-6-11(16-2)13-10(15)4-3-5-17-13;3-2(4,5)1(6)7/h8,10-11,13H,3-7H2,1-2H3;(H,6,7)/t10-,11-,13+;/m1./s1. The van der Waals surface area contributed by atoms with Gasteiger partial charge in [-0.15, -0.1) is 11.3 Å². The van der Waals surface area contributed by atoms with Gasteiger partial charge in [0, 0.05) is 37.7 Å².